The fourth-order valence-electron chi connectivity index (χ4n) is 4.04. The van der Waals surface area contributed by atoms with Crippen LogP contribution in [0.4, 0.5) is 0 Å². The molecule has 2 aliphatic carbocycles. The van der Waals surface area contributed by atoms with E-state index in [1.165, 1.54) is 37.8 Å². The van der Waals surface area contributed by atoms with Gasteiger partial charge in [0.05, 0.1) is 0 Å². The second kappa shape index (κ2) is 3.08. The average Bonchev–Trinajstić information content (AvgIpc) is 2.53. The van der Waals surface area contributed by atoms with E-state index in [0.717, 1.165) is 23.7 Å². The summed E-state index contributed by atoms with van der Waals surface area (Å²) in [4.78, 5) is 4.93. The van der Waals surface area contributed by atoms with Crippen LogP contribution in [0.1, 0.15) is 46.0 Å². The van der Waals surface area contributed by atoms with Crippen molar-refractivity contribution in [2.75, 3.05) is 0 Å². The molecule has 0 aromatic rings. The summed E-state index contributed by atoms with van der Waals surface area (Å²) in [5.41, 5.74) is 1.48. The third-order valence-electron chi connectivity index (χ3n) is 4.98. The number of aliphatic imine (C=N–C) groups is 1. The summed E-state index contributed by atoms with van der Waals surface area (Å²) in [7, 11) is 0. The van der Waals surface area contributed by atoms with E-state index >= 15 is 0 Å². The lowest BCUT2D eigenvalue weighted by atomic mass is 9.64. The van der Waals surface area contributed by atoms with Gasteiger partial charge in [-0.2, -0.15) is 0 Å². The molecule has 0 amide bonds. The minimum atomic E-state index is 0.657. The molecule has 0 radical (unpaired) electrons. The van der Waals surface area contributed by atoms with Crippen LogP contribution in [-0.4, -0.2) is 11.8 Å². The zero-order valence-corrected chi connectivity index (χ0v) is 9.37. The van der Waals surface area contributed by atoms with Gasteiger partial charge < -0.3 is 0 Å². The SMILES string of the molecule is CCC1CC2CC3CC(CC23)C(C)=N1. The predicted molar refractivity (Wildman–Crippen MR) is 59.6 cm³/mol. The van der Waals surface area contributed by atoms with Crippen molar-refractivity contribution in [3.05, 3.63) is 0 Å². The summed E-state index contributed by atoms with van der Waals surface area (Å²) in [5, 5.41) is 0. The molecule has 78 valence electrons. The van der Waals surface area contributed by atoms with Crippen molar-refractivity contribution in [2.45, 2.75) is 52.0 Å². The normalized spacial score (nSPS) is 50.4. The van der Waals surface area contributed by atoms with Gasteiger partial charge >= 0.3 is 0 Å². The highest BCUT2D eigenvalue weighted by Gasteiger charge is 2.49. The average molecular weight is 191 g/mol. The molecule has 2 fully saturated rings. The Morgan fingerprint density at radius 3 is 2.71 bits per heavy atom. The van der Waals surface area contributed by atoms with Crippen molar-refractivity contribution in [2.24, 2.45) is 28.7 Å². The van der Waals surface area contributed by atoms with Gasteiger partial charge in [-0.1, -0.05) is 6.92 Å². The van der Waals surface area contributed by atoms with Crippen LogP contribution >= 0.6 is 0 Å². The maximum absolute atomic E-state index is 4.93. The molecule has 0 aromatic heterocycles. The monoisotopic (exact) mass is 191 g/mol. The van der Waals surface area contributed by atoms with E-state index in [1.54, 1.807) is 0 Å². The second-order valence-corrected chi connectivity index (χ2v) is 5.66. The van der Waals surface area contributed by atoms with Crippen LogP contribution in [0.3, 0.4) is 0 Å². The second-order valence-electron chi connectivity index (χ2n) is 5.66. The zero-order valence-electron chi connectivity index (χ0n) is 9.37. The van der Waals surface area contributed by atoms with E-state index in [-0.39, 0.29) is 0 Å². The largest absolute Gasteiger partial charge is 0.291 e. The van der Waals surface area contributed by atoms with Gasteiger partial charge in [-0.3, -0.25) is 4.99 Å². The molecule has 2 saturated carbocycles. The fraction of sp³-hybridized carbons (Fsp3) is 0.923. The van der Waals surface area contributed by atoms with Crippen LogP contribution in [0.25, 0.3) is 0 Å². The Kier molecular flexibility index (Phi) is 1.97. The van der Waals surface area contributed by atoms with Crippen molar-refractivity contribution in [1.82, 2.24) is 0 Å². The number of fused-ring (bicyclic) bond motifs is 1. The van der Waals surface area contributed by atoms with Crippen molar-refractivity contribution >= 4 is 5.71 Å². The molecule has 0 saturated heterocycles. The van der Waals surface area contributed by atoms with Gasteiger partial charge in [-0.15, -0.1) is 0 Å². The molecule has 0 aromatic carbocycles. The zero-order chi connectivity index (χ0) is 9.71. The van der Waals surface area contributed by atoms with Gasteiger partial charge in [-0.05, 0) is 62.7 Å². The highest BCUT2D eigenvalue weighted by atomic mass is 14.8. The molecule has 14 heavy (non-hydrogen) atoms. The Labute approximate surface area is 87.0 Å². The molecule has 1 heterocycles. The smallest absolute Gasteiger partial charge is 0.0499 e. The highest BCUT2D eigenvalue weighted by Crippen LogP contribution is 2.56. The summed E-state index contributed by atoms with van der Waals surface area (Å²) in [6.07, 6.45) is 7.11. The molecular weight excluding hydrogens is 170 g/mol. The quantitative estimate of drug-likeness (QED) is 0.603. The summed E-state index contributed by atoms with van der Waals surface area (Å²) in [6, 6.07) is 0.657. The van der Waals surface area contributed by atoms with Crippen molar-refractivity contribution < 1.29 is 0 Å². The molecule has 0 N–H and O–H groups in total. The van der Waals surface area contributed by atoms with E-state index < -0.39 is 0 Å². The molecule has 1 nitrogen and oxygen atoms in total. The van der Waals surface area contributed by atoms with Gasteiger partial charge in [0.25, 0.3) is 0 Å². The fourth-order valence-corrected chi connectivity index (χ4v) is 4.04. The Balaban J connectivity index is 1.88. The van der Waals surface area contributed by atoms with Crippen LogP contribution in [-0.2, 0) is 0 Å². The molecule has 5 unspecified atom stereocenters. The lowest BCUT2D eigenvalue weighted by molar-refractivity contribution is 0.0878. The first kappa shape index (κ1) is 8.94. The van der Waals surface area contributed by atoms with E-state index in [9.17, 15) is 0 Å². The van der Waals surface area contributed by atoms with E-state index in [4.69, 9.17) is 4.99 Å². The predicted octanol–water partition coefficient (Wildman–Crippen LogP) is 3.29. The first-order valence-corrected chi connectivity index (χ1v) is 6.32. The van der Waals surface area contributed by atoms with E-state index in [2.05, 4.69) is 13.8 Å². The van der Waals surface area contributed by atoms with E-state index in [1.807, 2.05) is 0 Å². The number of rotatable bonds is 1. The third-order valence-corrected chi connectivity index (χ3v) is 4.98. The van der Waals surface area contributed by atoms with E-state index in [0.29, 0.717) is 6.04 Å². The topological polar surface area (TPSA) is 12.4 Å². The molecule has 2 bridgehead atoms. The first-order valence-electron chi connectivity index (χ1n) is 6.32. The van der Waals surface area contributed by atoms with Gasteiger partial charge in [-0.25, -0.2) is 0 Å². The Morgan fingerprint density at radius 2 is 1.93 bits per heavy atom. The van der Waals surface area contributed by atoms with Crippen molar-refractivity contribution in [3.63, 3.8) is 0 Å². The lowest BCUT2D eigenvalue weighted by Gasteiger charge is -2.42. The Morgan fingerprint density at radius 1 is 1.14 bits per heavy atom. The van der Waals surface area contributed by atoms with Gasteiger partial charge in [0, 0.05) is 11.8 Å². The van der Waals surface area contributed by atoms with Crippen molar-refractivity contribution in [3.8, 4) is 0 Å². The van der Waals surface area contributed by atoms with Crippen LogP contribution in [0.5, 0.6) is 0 Å². The summed E-state index contributed by atoms with van der Waals surface area (Å²) >= 11 is 0. The maximum atomic E-state index is 4.93. The number of hydrogen-bond donors (Lipinski definition) is 0. The Bertz CT molecular complexity index is 268. The van der Waals surface area contributed by atoms with Gasteiger partial charge in [0.1, 0.15) is 0 Å². The van der Waals surface area contributed by atoms with Crippen LogP contribution in [0, 0.1) is 23.7 Å². The molecule has 1 aliphatic heterocycles. The Hall–Kier alpha value is -0.330. The number of nitrogens with zero attached hydrogens (tertiary/aromatic N) is 1. The molecule has 5 atom stereocenters. The minimum absolute atomic E-state index is 0.657. The summed E-state index contributed by atoms with van der Waals surface area (Å²) in [5.74, 6) is 4.10. The summed E-state index contributed by atoms with van der Waals surface area (Å²) in [6.45, 7) is 4.57. The first-order chi connectivity index (χ1) is 6.78. The molecule has 3 rings (SSSR count). The maximum Gasteiger partial charge on any atom is 0.0499 e. The number of hydrogen-bond acceptors (Lipinski definition) is 1. The minimum Gasteiger partial charge on any atom is -0.291 e. The van der Waals surface area contributed by atoms with Crippen molar-refractivity contribution in [1.29, 1.82) is 0 Å². The van der Waals surface area contributed by atoms with Crippen LogP contribution in [0.2, 0.25) is 0 Å². The van der Waals surface area contributed by atoms with Gasteiger partial charge in [0.2, 0.25) is 0 Å². The van der Waals surface area contributed by atoms with Crippen LogP contribution < -0.4 is 0 Å². The lowest BCUT2D eigenvalue weighted by Crippen LogP contribution is -2.35. The van der Waals surface area contributed by atoms with Gasteiger partial charge in [0.15, 0.2) is 0 Å². The molecule has 0 spiro atoms. The van der Waals surface area contributed by atoms with Crippen LogP contribution in [0.15, 0.2) is 4.99 Å². The molecule has 1 heteroatoms. The highest BCUT2D eigenvalue weighted by molar-refractivity contribution is 5.85. The molecular formula is C13H21N. The molecule has 3 aliphatic rings. The standard InChI is InChI=1S/C13H21N/c1-3-12-6-11-5-10-4-9(7-13(10)11)8(2)14-12/h9-13H,3-7H2,1-2H3. The third kappa shape index (κ3) is 1.17. The summed E-state index contributed by atoms with van der Waals surface area (Å²) < 4.78 is 0.